The van der Waals surface area contributed by atoms with Crippen molar-refractivity contribution in [2.45, 2.75) is 0 Å². The molecule has 0 radical (unpaired) electrons. The van der Waals surface area contributed by atoms with Gasteiger partial charge in [0.25, 0.3) is 5.91 Å². The number of hydrogen-bond acceptors (Lipinski definition) is 4. The lowest BCUT2D eigenvalue weighted by atomic mass is 10.1. The number of benzene rings is 2. The van der Waals surface area contributed by atoms with Crippen molar-refractivity contribution in [1.82, 2.24) is 0 Å². The summed E-state index contributed by atoms with van der Waals surface area (Å²) in [6.45, 7) is 0. The van der Waals surface area contributed by atoms with Crippen LogP contribution in [0, 0.1) is 11.3 Å². The summed E-state index contributed by atoms with van der Waals surface area (Å²) >= 11 is 0. The third kappa shape index (κ3) is 2.82. The average molecular weight is 265 g/mol. The van der Waals surface area contributed by atoms with Gasteiger partial charge in [-0.2, -0.15) is 5.26 Å². The van der Waals surface area contributed by atoms with E-state index in [0.29, 0.717) is 11.3 Å². The molecular weight excluding hydrogens is 256 g/mol. The minimum absolute atomic E-state index is 0.00913. The minimum atomic E-state index is -1.42. The van der Waals surface area contributed by atoms with E-state index in [9.17, 15) is 14.7 Å². The van der Waals surface area contributed by atoms with Gasteiger partial charge >= 0.3 is 0 Å². The largest absolute Gasteiger partial charge is 0.545 e. The highest BCUT2D eigenvalue weighted by Crippen LogP contribution is 2.14. The van der Waals surface area contributed by atoms with Gasteiger partial charge in [0.15, 0.2) is 0 Å². The van der Waals surface area contributed by atoms with Crippen molar-refractivity contribution >= 4 is 17.6 Å². The van der Waals surface area contributed by atoms with Crippen LogP contribution in [0.4, 0.5) is 5.69 Å². The number of amides is 1. The van der Waals surface area contributed by atoms with Gasteiger partial charge in [-0.1, -0.05) is 24.3 Å². The number of carbonyl (C=O) groups excluding carboxylic acids is 2. The van der Waals surface area contributed by atoms with E-state index in [-0.39, 0.29) is 11.1 Å². The maximum Gasteiger partial charge on any atom is 0.256 e. The third-order valence-corrected chi connectivity index (χ3v) is 2.64. The molecule has 0 heterocycles. The smallest absolute Gasteiger partial charge is 0.256 e. The second kappa shape index (κ2) is 5.67. The monoisotopic (exact) mass is 265 g/mol. The highest BCUT2D eigenvalue weighted by molar-refractivity contribution is 6.10. The normalized spacial score (nSPS) is 9.55. The predicted molar refractivity (Wildman–Crippen MR) is 69.9 cm³/mol. The van der Waals surface area contributed by atoms with Gasteiger partial charge in [0.2, 0.25) is 0 Å². The number of hydrogen-bond donors (Lipinski definition) is 1. The SMILES string of the molecule is N#Cc1cccc(NC(=O)c2ccccc2C(=O)[O-])c1. The zero-order valence-corrected chi connectivity index (χ0v) is 10.3. The second-order valence-electron chi connectivity index (χ2n) is 3.98. The Morgan fingerprint density at radius 2 is 1.75 bits per heavy atom. The Kier molecular flexibility index (Phi) is 3.77. The minimum Gasteiger partial charge on any atom is -0.545 e. The van der Waals surface area contributed by atoms with Crippen molar-refractivity contribution in [3.63, 3.8) is 0 Å². The molecule has 0 aromatic heterocycles. The summed E-state index contributed by atoms with van der Waals surface area (Å²) in [6, 6.07) is 14.1. The third-order valence-electron chi connectivity index (χ3n) is 2.64. The van der Waals surface area contributed by atoms with E-state index in [1.54, 1.807) is 24.3 Å². The summed E-state index contributed by atoms with van der Waals surface area (Å²) < 4.78 is 0. The quantitative estimate of drug-likeness (QED) is 0.901. The zero-order valence-electron chi connectivity index (χ0n) is 10.3. The fourth-order valence-corrected chi connectivity index (χ4v) is 1.72. The van der Waals surface area contributed by atoms with Crippen molar-refractivity contribution < 1.29 is 14.7 Å². The first kappa shape index (κ1) is 13.3. The van der Waals surface area contributed by atoms with Crippen LogP contribution in [0.5, 0.6) is 0 Å². The number of carboxylic acid groups (broad SMARTS) is 1. The lowest BCUT2D eigenvalue weighted by Crippen LogP contribution is -2.26. The maximum atomic E-state index is 12.1. The van der Waals surface area contributed by atoms with Crippen molar-refractivity contribution in [2.75, 3.05) is 5.32 Å². The Bertz CT molecular complexity index is 717. The fraction of sp³-hybridized carbons (Fsp3) is 0. The summed E-state index contributed by atoms with van der Waals surface area (Å²) in [5.74, 6) is -1.98. The molecule has 0 aliphatic carbocycles. The Morgan fingerprint density at radius 3 is 2.40 bits per heavy atom. The maximum absolute atomic E-state index is 12.1. The van der Waals surface area contributed by atoms with Crippen molar-refractivity contribution in [3.8, 4) is 6.07 Å². The van der Waals surface area contributed by atoms with E-state index in [2.05, 4.69) is 5.32 Å². The number of rotatable bonds is 3. The van der Waals surface area contributed by atoms with Crippen LogP contribution >= 0.6 is 0 Å². The molecule has 0 aliphatic heterocycles. The van der Waals surface area contributed by atoms with Crippen molar-refractivity contribution in [3.05, 3.63) is 65.2 Å². The summed E-state index contributed by atoms with van der Waals surface area (Å²) in [4.78, 5) is 23.0. The molecule has 5 nitrogen and oxygen atoms in total. The van der Waals surface area contributed by atoms with Gasteiger partial charge in [-0.15, -0.1) is 0 Å². The van der Waals surface area contributed by atoms with Gasteiger partial charge < -0.3 is 15.2 Å². The molecule has 2 rings (SSSR count). The molecule has 0 atom stereocenters. The summed E-state index contributed by atoms with van der Waals surface area (Å²) in [6.07, 6.45) is 0. The number of aromatic carboxylic acids is 1. The lowest BCUT2D eigenvalue weighted by molar-refractivity contribution is -0.255. The summed E-state index contributed by atoms with van der Waals surface area (Å²) in [5, 5.41) is 22.3. The van der Waals surface area contributed by atoms with Crippen LogP contribution < -0.4 is 10.4 Å². The van der Waals surface area contributed by atoms with E-state index in [1.165, 1.54) is 24.3 Å². The number of nitrogens with zero attached hydrogens (tertiary/aromatic N) is 1. The molecule has 0 fully saturated rings. The molecule has 0 saturated carbocycles. The average Bonchev–Trinajstić information content (AvgIpc) is 2.47. The molecule has 98 valence electrons. The van der Waals surface area contributed by atoms with E-state index in [1.807, 2.05) is 6.07 Å². The van der Waals surface area contributed by atoms with Crippen molar-refractivity contribution in [2.24, 2.45) is 0 Å². The zero-order chi connectivity index (χ0) is 14.5. The molecule has 0 unspecified atom stereocenters. The molecule has 0 spiro atoms. The molecular formula is C15H9N2O3-. The Hall–Kier alpha value is -3.13. The lowest BCUT2D eigenvalue weighted by Gasteiger charge is -2.10. The van der Waals surface area contributed by atoms with Crippen LogP contribution in [0.2, 0.25) is 0 Å². The summed E-state index contributed by atoms with van der Waals surface area (Å²) in [5.41, 5.74) is 0.648. The molecule has 0 aliphatic rings. The molecule has 0 saturated heterocycles. The number of nitrogens with one attached hydrogen (secondary N) is 1. The highest BCUT2D eigenvalue weighted by atomic mass is 16.4. The van der Waals surface area contributed by atoms with E-state index >= 15 is 0 Å². The standard InChI is InChI=1S/C15H10N2O3/c16-9-10-4-3-5-11(8-10)17-14(18)12-6-1-2-7-13(12)15(19)20/h1-8H,(H,17,18)(H,19,20)/p-1. The predicted octanol–water partition coefficient (Wildman–Crippen LogP) is 1.17. The van der Waals surface area contributed by atoms with E-state index in [4.69, 9.17) is 5.26 Å². The number of nitriles is 1. The molecule has 0 bridgehead atoms. The Balaban J connectivity index is 2.29. The molecule has 20 heavy (non-hydrogen) atoms. The number of carbonyl (C=O) groups is 2. The van der Waals surface area contributed by atoms with Crippen LogP contribution in [0.3, 0.4) is 0 Å². The van der Waals surface area contributed by atoms with Crippen LogP contribution in [0.25, 0.3) is 0 Å². The molecule has 5 heteroatoms. The topological polar surface area (TPSA) is 93.0 Å². The van der Waals surface area contributed by atoms with Gasteiger partial charge in [0.05, 0.1) is 17.6 Å². The Labute approximate surface area is 115 Å². The molecule has 1 amide bonds. The number of carboxylic acids is 1. The highest BCUT2D eigenvalue weighted by Gasteiger charge is 2.11. The van der Waals surface area contributed by atoms with Crippen molar-refractivity contribution in [1.29, 1.82) is 5.26 Å². The number of anilines is 1. The van der Waals surface area contributed by atoms with Gasteiger partial charge in [-0.25, -0.2) is 0 Å². The fourth-order valence-electron chi connectivity index (χ4n) is 1.72. The first-order valence-corrected chi connectivity index (χ1v) is 5.73. The first-order valence-electron chi connectivity index (χ1n) is 5.73. The van der Waals surface area contributed by atoms with Crippen LogP contribution in [-0.2, 0) is 0 Å². The first-order chi connectivity index (χ1) is 9.61. The van der Waals surface area contributed by atoms with Gasteiger partial charge in [0, 0.05) is 16.8 Å². The molecule has 1 N–H and O–H groups in total. The van der Waals surface area contributed by atoms with Gasteiger partial charge in [0.1, 0.15) is 0 Å². The molecule has 2 aromatic rings. The van der Waals surface area contributed by atoms with Crippen LogP contribution in [0.15, 0.2) is 48.5 Å². The molecule has 2 aromatic carbocycles. The second-order valence-corrected chi connectivity index (χ2v) is 3.98. The summed E-state index contributed by atoms with van der Waals surface area (Å²) in [7, 11) is 0. The van der Waals surface area contributed by atoms with E-state index < -0.39 is 11.9 Å². The van der Waals surface area contributed by atoms with Gasteiger partial charge in [-0.3, -0.25) is 4.79 Å². The van der Waals surface area contributed by atoms with Crippen LogP contribution in [0.1, 0.15) is 26.3 Å². The van der Waals surface area contributed by atoms with E-state index in [0.717, 1.165) is 0 Å². The van der Waals surface area contributed by atoms with Crippen LogP contribution in [-0.4, -0.2) is 11.9 Å². The Morgan fingerprint density at radius 1 is 1.05 bits per heavy atom. The van der Waals surface area contributed by atoms with Gasteiger partial charge in [-0.05, 0) is 24.3 Å².